The van der Waals surface area contributed by atoms with Crippen molar-refractivity contribution in [3.63, 3.8) is 0 Å². The summed E-state index contributed by atoms with van der Waals surface area (Å²) in [5.41, 5.74) is 0.302. The van der Waals surface area contributed by atoms with Crippen molar-refractivity contribution in [1.29, 1.82) is 0 Å². The van der Waals surface area contributed by atoms with Crippen molar-refractivity contribution in [2.24, 2.45) is 0 Å². The molecule has 152 valence electrons. The number of hydrogen-bond donors (Lipinski definition) is 2. The van der Waals surface area contributed by atoms with Crippen LogP contribution < -0.4 is 10.9 Å². The van der Waals surface area contributed by atoms with Crippen LogP contribution in [0.5, 0.6) is 0 Å². The van der Waals surface area contributed by atoms with Crippen LogP contribution in [0.1, 0.15) is 39.2 Å². The van der Waals surface area contributed by atoms with Gasteiger partial charge in [0.15, 0.2) is 10.1 Å². The number of unbranched alkanes of at least 4 members (excludes halogenated alkanes) is 1. The number of H-pyrrole nitrogens is 1. The summed E-state index contributed by atoms with van der Waals surface area (Å²) >= 11 is 1.04. The van der Waals surface area contributed by atoms with E-state index in [1.807, 2.05) is 13.8 Å². The Hall–Kier alpha value is -2.13. The lowest BCUT2D eigenvalue weighted by molar-refractivity contribution is -0.119. The lowest BCUT2D eigenvalue weighted by atomic mass is 10.1. The highest BCUT2D eigenvalue weighted by atomic mass is 32.2. The number of aromatic nitrogens is 2. The molecular weight excluding hydrogens is 398 g/mol. The van der Waals surface area contributed by atoms with Crippen molar-refractivity contribution in [2.75, 3.05) is 5.75 Å². The summed E-state index contributed by atoms with van der Waals surface area (Å²) in [5.74, 6) is -0.116. The first-order valence-corrected chi connectivity index (χ1v) is 11.6. The lowest BCUT2D eigenvalue weighted by Crippen LogP contribution is -2.31. The first-order chi connectivity index (χ1) is 13.2. The number of nitrogens with zero attached hydrogens (tertiary/aromatic N) is 1. The van der Waals surface area contributed by atoms with Crippen LogP contribution in [0.3, 0.4) is 0 Å². The quantitative estimate of drug-likeness (QED) is 0.474. The van der Waals surface area contributed by atoms with E-state index >= 15 is 0 Å². The Bertz CT molecular complexity index is 967. The van der Waals surface area contributed by atoms with Gasteiger partial charge in [0.1, 0.15) is 0 Å². The molecule has 0 atom stereocenters. The Morgan fingerprint density at radius 3 is 2.50 bits per heavy atom. The highest BCUT2D eigenvalue weighted by Crippen LogP contribution is 2.20. The number of benzene rings is 1. The monoisotopic (exact) mass is 423 g/mol. The maximum atomic E-state index is 12.7. The number of sulfone groups is 1. The fourth-order valence-electron chi connectivity index (χ4n) is 2.47. The number of aromatic amines is 1. The highest BCUT2D eigenvalue weighted by Gasteiger charge is 2.22. The molecule has 7 nitrogen and oxygen atoms in total. The van der Waals surface area contributed by atoms with E-state index in [-0.39, 0.29) is 27.8 Å². The topological polar surface area (TPSA) is 109 Å². The van der Waals surface area contributed by atoms with E-state index < -0.39 is 20.3 Å². The number of amides is 1. The molecular formula is C19H25N3O4S2. The average molecular weight is 424 g/mol. The maximum absolute atomic E-state index is 12.7. The number of rotatable bonds is 9. The molecule has 1 heterocycles. The molecule has 1 amide bonds. The van der Waals surface area contributed by atoms with Crippen molar-refractivity contribution in [3.05, 3.63) is 46.4 Å². The number of nitrogens with one attached hydrogen (secondary N) is 2. The second-order valence-electron chi connectivity index (χ2n) is 6.64. The third kappa shape index (κ3) is 5.93. The summed E-state index contributed by atoms with van der Waals surface area (Å²) in [5, 5.41) is 2.92. The summed E-state index contributed by atoms with van der Waals surface area (Å²) in [6.45, 7) is 5.79. The van der Waals surface area contributed by atoms with E-state index in [1.165, 1.54) is 12.1 Å². The zero-order chi connectivity index (χ0) is 20.7. The van der Waals surface area contributed by atoms with E-state index in [0.29, 0.717) is 0 Å². The van der Waals surface area contributed by atoms with Crippen LogP contribution in [-0.2, 0) is 21.1 Å². The van der Waals surface area contributed by atoms with Gasteiger partial charge < -0.3 is 10.3 Å². The summed E-state index contributed by atoms with van der Waals surface area (Å²) in [6.07, 6.45) is 4.02. The normalized spacial score (nSPS) is 11.6. The Balaban J connectivity index is 2.15. The van der Waals surface area contributed by atoms with Crippen LogP contribution in [0.25, 0.3) is 0 Å². The Labute approximate surface area is 169 Å². The van der Waals surface area contributed by atoms with Gasteiger partial charge in [-0.3, -0.25) is 9.59 Å². The summed E-state index contributed by atoms with van der Waals surface area (Å²) < 4.78 is 25.5. The number of aryl methyl sites for hydroxylation is 1. The Morgan fingerprint density at radius 1 is 1.25 bits per heavy atom. The van der Waals surface area contributed by atoms with Gasteiger partial charge in [-0.1, -0.05) is 37.2 Å². The molecule has 0 aliphatic carbocycles. The minimum Gasteiger partial charge on any atom is -0.353 e. The second-order valence-corrected chi connectivity index (χ2v) is 9.53. The van der Waals surface area contributed by atoms with Gasteiger partial charge in [-0.05, 0) is 44.4 Å². The van der Waals surface area contributed by atoms with Crippen LogP contribution in [0, 0.1) is 0 Å². The molecule has 0 aliphatic heterocycles. The molecule has 0 radical (unpaired) electrons. The van der Waals surface area contributed by atoms with Crippen molar-refractivity contribution in [3.8, 4) is 0 Å². The van der Waals surface area contributed by atoms with E-state index in [2.05, 4.69) is 22.2 Å². The van der Waals surface area contributed by atoms with E-state index in [1.54, 1.807) is 12.1 Å². The molecule has 0 bridgehead atoms. The third-order valence-corrected chi connectivity index (χ3v) is 6.53. The summed E-state index contributed by atoms with van der Waals surface area (Å²) in [7, 11) is -3.97. The molecule has 2 rings (SSSR count). The SMILES string of the molecule is CCCCc1ccc(S(=O)(=O)c2cnc(SCC(=O)NC(C)C)[nH]c2=O)cc1. The van der Waals surface area contributed by atoms with Crippen LogP contribution in [0.15, 0.2) is 50.2 Å². The molecule has 0 spiro atoms. The lowest BCUT2D eigenvalue weighted by Gasteiger charge is -2.08. The third-order valence-electron chi connectivity index (χ3n) is 3.88. The highest BCUT2D eigenvalue weighted by molar-refractivity contribution is 7.99. The minimum atomic E-state index is -3.97. The molecule has 1 aromatic carbocycles. The number of thioether (sulfide) groups is 1. The number of carbonyl (C=O) groups is 1. The predicted molar refractivity (Wildman–Crippen MR) is 109 cm³/mol. The van der Waals surface area contributed by atoms with Gasteiger partial charge >= 0.3 is 0 Å². The number of carbonyl (C=O) groups excluding carboxylic acids is 1. The van der Waals surface area contributed by atoms with Gasteiger partial charge in [0, 0.05) is 6.04 Å². The van der Waals surface area contributed by atoms with Crippen molar-refractivity contribution < 1.29 is 13.2 Å². The van der Waals surface area contributed by atoms with Crippen molar-refractivity contribution >= 4 is 27.5 Å². The van der Waals surface area contributed by atoms with Gasteiger partial charge in [-0.2, -0.15) is 0 Å². The molecule has 0 fully saturated rings. The van der Waals surface area contributed by atoms with Crippen molar-refractivity contribution in [2.45, 2.75) is 61.0 Å². The molecule has 2 N–H and O–H groups in total. The van der Waals surface area contributed by atoms with Gasteiger partial charge in [-0.25, -0.2) is 13.4 Å². The van der Waals surface area contributed by atoms with Crippen LogP contribution in [0.4, 0.5) is 0 Å². The maximum Gasteiger partial charge on any atom is 0.270 e. The molecule has 28 heavy (non-hydrogen) atoms. The molecule has 0 saturated heterocycles. The molecule has 2 aromatic rings. The first kappa shape index (κ1) is 22.2. The molecule has 0 aliphatic rings. The standard InChI is InChI=1S/C19H25N3O4S2/c1-4-5-6-14-7-9-15(10-8-14)28(25,26)16-11-20-19(22-18(16)24)27-12-17(23)21-13(2)3/h7-11,13H,4-6,12H2,1-3H3,(H,21,23)(H,20,22,24). The fourth-order valence-corrected chi connectivity index (χ4v) is 4.35. The fraction of sp³-hybridized carbons (Fsp3) is 0.421. The van der Waals surface area contributed by atoms with Gasteiger partial charge in [0.05, 0.1) is 16.8 Å². The van der Waals surface area contributed by atoms with Gasteiger partial charge in [0.2, 0.25) is 15.7 Å². The molecule has 9 heteroatoms. The van der Waals surface area contributed by atoms with Crippen molar-refractivity contribution in [1.82, 2.24) is 15.3 Å². The van der Waals surface area contributed by atoms with E-state index in [4.69, 9.17) is 0 Å². The second kappa shape index (κ2) is 9.88. The zero-order valence-corrected chi connectivity index (χ0v) is 17.8. The van der Waals surface area contributed by atoms with Gasteiger partial charge in [0.25, 0.3) is 5.56 Å². The van der Waals surface area contributed by atoms with E-state index in [0.717, 1.165) is 42.8 Å². The van der Waals surface area contributed by atoms with E-state index in [9.17, 15) is 18.0 Å². The smallest absolute Gasteiger partial charge is 0.270 e. The Morgan fingerprint density at radius 2 is 1.93 bits per heavy atom. The summed E-state index contributed by atoms with van der Waals surface area (Å²) in [6, 6.07) is 6.57. The van der Waals surface area contributed by atoms with Crippen LogP contribution in [0.2, 0.25) is 0 Å². The van der Waals surface area contributed by atoms with Crippen LogP contribution >= 0.6 is 11.8 Å². The zero-order valence-electron chi connectivity index (χ0n) is 16.2. The van der Waals surface area contributed by atoms with Gasteiger partial charge in [-0.15, -0.1) is 0 Å². The molecule has 0 unspecified atom stereocenters. The Kier molecular flexibility index (Phi) is 7.82. The molecule has 0 saturated carbocycles. The minimum absolute atomic E-state index is 0.0148. The number of hydrogen-bond acceptors (Lipinski definition) is 6. The first-order valence-electron chi connectivity index (χ1n) is 9.09. The predicted octanol–water partition coefficient (Wildman–Crippen LogP) is 2.56. The average Bonchev–Trinajstić information content (AvgIpc) is 2.64. The molecule has 1 aromatic heterocycles. The summed E-state index contributed by atoms with van der Waals surface area (Å²) in [4.78, 5) is 30.0. The van der Waals surface area contributed by atoms with Crippen LogP contribution in [-0.4, -0.2) is 36.1 Å². The largest absolute Gasteiger partial charge is 0.353 e.